The molecular weight excluding hydrogens is 306 g/mol. The predicted molar refractivity (Wildman–Crippen MR) is 80.4 cm³/mol. The Morgan fingerprint density at radius 2 is 2.32 bits per heavy atom. The maximum atomic E-state index is 12.5. The van der Waals surface area contributed by atoms with E-state index in [1.54, 1.807) is 0 Å². The first kappa shape index (κ1) is 14.6. The molecule has 0 saturated carbocycles. The lowest BCUT2D eigenvalue weighted by atomic mass is 10.1. The molecule has 0 aromatic carbocycles. The predicted octanol–water partition coefficient (Wildman–Crippen LogP) is 2.29. The first-order valence-electron chi connectivity index (χ1n) is 6.81. The van der Waals surface area contributed by atoms with Crippen LogP contribution in [0, 0.1) is 5.92 Å². The molecule has 1 aliphatic heterocycles. The third-order valence-electron chi connectivity index (χ3n) is 3.79. The molecule has 1 amide bonds. The lowest BCUT2D eigenvalue weighted by Gasteiger charge is -2.21. The van der Waals surface area contributed by atoms with Gasteiger partial charge >= 0.3 is 0 Å². The van der Waals surface area contributed by atoms with Crippen molar-refractivity contribution in [1.82, 2.24) is 14.4 Å². The molecular formula is C14H22BrN3O. The molecule has 1 aromatic rings. The van der Waals surface area contributed by atoms with Crippen molar-refractivity contribution < 1.29 is 4.79 Å². The number of rotatable bonds is 4. The minimum Gasteiger partial charge on any atom is -0.343 e. The summed E-state index contributed by atoms with van der Waals surface area (Å²) in [5, 5.41) is 0. The highest BCUT2D eigenvalue weighted by Crippen LogP contribution is 2.19. The van der Waals surface area contributed by atoms with Crippen molar-refractivity contribution in [3.63, 3.8) is 0 Å². The second-order valence-electron chi connectivity index (χ2n) is 5.43. The first-order chi connectivity index (χ1) is 9.01. The van der Waals surface area contributed by atoms with Crippen molar-refractivity contribution >= 4 is 21.8 Å². The Morgan fingerprint density at radius 1 is 1.58 bits per heavy atom. The summed E-state index contributed by atoms with van der Waals surface area (Å²) in [6.45, 7) is 5.94. The van der Waals surface area contributed by atoms with Gasteiger partial charge < -0.3 is 14.4 Å². The minimum atomic E-state index is 0.113. The highest BCUT2D eigenvalue weighted by molar-refractivity contribution is 9.10. The molecule has 1 fully saturated rings. The fourth-order valence-corrected chi connectivity index (χ4v) is 3.22. The van der Waals surface area contributed by atoms with Crippen molar-refractivity contribution in [2.75, 3.05) is 33.7 Å². The lowest BCUT2D eigenvalue weighted by Crippen LogP contribution is -2.33. The molecule has 4 nitrogen and oxygen atoms in total. The number of hydrogen-bond acceptors (Lipinski definition) is 2. The van der Waals surface area contributed by atoms with Gasteiger partial charge in [-0.05, 0) is 54.9 Å². The minimum absolute atomic E-state index is 0.113. The van der Waals surface area contributed by atoms with Crippen LogP contribution in [0.1, 0.15) is 23.8 Å². The van der Waals surface area contributed by atoms with Crippen LogP contribution < -0.4 is 0 Å². The number of nitrogens with zero attached hydrogens (tertiary/aromatic N) is 3. The molecule has 106 valence electrons. The van der Waals surface area contributed by atoms with Crippen molar-refractivity contribution in [2.24, 2.45) is 5.92 Å². The molecule has 0 aliphatic carbocycles. The Hall–Kier alpha value is -0.810. The molecule has 5 heteroatoms. The molecule has 0 spiro atoms. The molecule has 1 unspecified atom stereocenters. The van der Waals surface area contributed by atoms with Gasteiger partial charge in [0.2, 0.25) is 0 Å². The van der Waals surface area contributed by atoms with Crippen LogP contribution in [0.5, 0.6) is 0 Å². The summed E-state index contributed by atoms with van der Waals surface area (Å²) < 4.78 is 2.95. The smallest absolute Gasteiger partial charge is 0.270 e. The Balaban J connectivity index is 2.02. The Kier molecular flexibility index (Phi) is 4.68. The molecule has 0 N–H and O–H groups in total. The third-order valence-corrected chi connectivity index (χ3v) is 4.22. The second kappa shape index (κ2) is 6.09. The van der Waals surface area contributed by atoms with Gasteiger partial charge in [-0.25, -0.2) is 0 Å². The highest BCUT2D eigenvalue weighted by Gasteiger charge is 2.24. The molecule has 1 aromatic heterocycles. The summed E-state index contributed by atoms with van der Waals surface area (Å²) in [5.41, 5.74) is 0.767. The largest absolute Gasteiger partial charge is 0.343 e. The van der Waals surface area contributed by atoms with Crippen LogP contribution in [-0.2, 0) is 6.54 Å². The van der Waals surface area contributed by atoms with E-state index < -0.39 is 0 Å². The number of halogens is 1. The number of carbonyl (C=O) groups is 1. The zero-order valence-electron chi connectivity index (χ0n) is 11.9. The van der Waals surface area contributed by atoms with E-state index in [-0.39, 0.29) is 5.91 Å². The second-order valence-corrected chi connectivity index (χ2v) is 6.35. The molecule has 0 radical (unpaired) electrons. The Labute approximate surface area is 123 Å². The van der Waals surface area contributed by atoms with Crippen LogP contribution >= 0.6 is 15.9 Å². The van der Waals surface area contributed by atoms with Gasteiger partial charge in [-0.1, -0.05) is 0 Å². The van der Waals surface area contributed by atoms with Crippen molar-refractivity contribution in [1.29, 1.82) is 0 Å². The van der Waals surface area contributed by atoms with E-state index in [1.165, 1.54) is 6.42 Å². The summed E-state index contributed by atoms with van der Waals surface area (Å²) >= 11 is 3.44. The van der Waals surface area contributed by atoms with E-state index >= 15 is 0 Å². The first-order valence-corrected chi connectivity index (χ1v) is 7.60. The molecule has 1 saturated heterocycles. The molecule has 0 bridgehead atoms. The standard InChI is InChI=1S/C14H22BrN3O/c1-4-18-10-12(15)7-13(18)14(19)17(3)9-11-5-6-16(2)8-11/h7,10-11H,4-6,8-9H2,1-3H3. The van der Waals surface area contributed by atoms with E-state index in [4.69, 9.17) is 0 Å². The van der Waals surface area contributed by atoms with Gasteiger partial charge in [0, 0.05) is 37.4 Å². The van der Waals surface area contributed by atoms with Crippen molar-refractivity contribution in [3.8, 4) is 0 Å². The number of likely N-dealkylation sites (tertiary alicyclic amines) is 1. The quantitative estimate of drug-likeness (QED) is 0.848. The number of aromatic nitrogens is 1. The van der Waals surface area contributed by atoms with Gasteiger partial charge in [0.1, 0.15) is 5.69 Å². The summed E-state index contributed by atoms with van der Waals surface area (Å²) in [6, 6.07) is 1.91. The number of carbonyl (C=O) groups excluding carboxylic acids is 1. The average Bonchev–Trinajstić information content (AvgIpc) is 2.94. The molecule has 2 rings (SSSR count). The SMILES string of the molecule is CCn1cc(Br)cc1C(=O)N(C)CC1CCN(C)C1. The van der Waals surface area contributed by atoms with E-state index in [9.17, 15) is 4.79 Å². The molecule has 19 heavy (non-hydrogen) atoms. The fourth-order valence-electron chi connectivity index (χ4n) is 2.76. The third kappa shape index (κ3) is 3.39. The van der Waals surface area contributed by atoms with Crippen LogP contribution in [0.3, 0.4) is 0 Å². The number of hydrogen-bond donors (Lipinski definition) is 0. The zero-order valence-corrected chi connectivity index (χ0v) is 13.5. The number of amides is 1. The van der Waals surface area contributed by atoms with Gasteiger partial charge in [-0.3, -0.25) is 4.79 Å². The van der Waals surface area contributed by atoms with Gasteiger partial charge in [-0.15, -0.1) is 0 Å². The van der Waals surface area contributed by atoms with Gasteiger partial charge in [0.05, 0.1) is 0 Å². The Bertz CT molecular complexity index is 458. The summed E-state index contributed by atoms with van der Waals surface area (Å²) in [7, 11) is 4.04. The highest BCUT2D eigenvalue weighted by atomic mass is 79.9. The van der Waals surface area contributed by atoms with E-state index in [2.05, 4.69) is 34.8 Å². The fraction of sp³-hybridized carbons (Fsp3) is 0.643. The van der Waals surface area contributed by atoms with Crippen LogP contribution in [0.2, 0.25) is 0 Å². The van der Waals surface area contributed by atoms with Gasteiger partial charge in [-0.2, -0.15) is 0 Å². The summed E-state index contributed by atoms with van der Waals surface area (Å²) in [4.78, 5) is 16.7. The average molecular weight is 328 g/mol. The van der Waals surface area contributed by atoms with Crippen LogP contribution in [0.4, 0.5) is 0 Å². The van der Waals surface area contributed by atoms with Gasteiger partial charge in [0.25, 0.3) is 5.91 Å². The van der Waals surface area contributed by atoms with E-state index in [1.807, 2.05) is 28.8 Å². The van der Waals surface area contributed by atoms with Gasteiger partial charge in [0.15, 0.2) is 0 Å². The lowest BCUT2D eigenvalue weighted by molar-refractivity contribution is 0.0763. The molecule has 1 aliphatic rings. The maximum Gasteiger partial charge on any atom is 0.270 e. The maximum absolute atomic E-state index is 12.5. The Morgan fingerprint density at radius 3 is 2.89 bits per heavy atom. The van der Waals surface area contributed by atoms with Crippen molar-refractivity contribution in [2.45, 2.75) is 19.9 Å². The molecule has 2 heterocycles. The van der Waals surface area contributed by atoms with Crippen LogP contribution in [0.25, 0.3) is 0 Å². The summed E-state index contributed by atoms with van der Waals surface area (Å²) in [6.07, 6.45) is 3.15. The van der Waals surface area contributed by atoms with E-state index in [0.29, 0.717) is 5.92 Å². The normalized spacial score (nSPS) is 19.9. The topological polar surface area (TPSA) is 28.5 Å². The number of aryl methyl sites for hydroxylation is 1. The van der Waals surface area contributed by atoms with Crippen LogP contribution in [-0.4, -0.2) is 54.0 Å². The zero-order chi connectivity index (χ0) is 14.0. The van der Waals surface area contributed by atoms with Crippen LogP contribution in [0.15, 0.2) is 16.7 Å². The monoisotopic (exact) mass is 327 g/mol. The van der Waals surface area contributed by atoms with E-state index in [0.717, 1.165) is 36.3 Å². The summed E-state index contributed by atoms with van der Waals surface area (Å²) in [5.74, 6) is 0.717. The van der Waals surface area contributed by atoms with Crippen molar-refractivity contribution in [3.05, 3.63) is 22.4 Å². The molecule has 1 atom stereocenters.